The first kappa shape index (κ1) is 13.7. The number of pyridine rings is 1. The number of nitrogens with zero attached hydrogens (tertiary/aromatic N) is 1. The van der Waals surface area contributed by atoms with Gasteiger partial charge in [0.15, 0.2) is 5.11 Å². The third-order valence-corrected chi connectivity index (χ3v) is 3.04. The van der Waals surface area contributed by atoms with Crippen molar-refractivity contribution in [2.45, 2.75) is 6.54 Å². The van der Waals surface area contributed by atoms with Gasteiger partial charge in [0.1, 0.15) is 0 Å². The molecule has 0 aliphatic heterocycles. The zero-order chi connectivity index (χ0) is 13.5. The summed E-state index contributed by atoms with van der Waals surface area (Å²) in [6.07, 6.45) is 1.81. The lowest BCUT2D eigenvalue weighted by Gasteiger charge is -2.11. The van der Waals surface area contributed by atoms with Gasteiger partial charge in [0.2, 0.25) is 0 Å². The quantitative estimate of drug-likeness (QED) is 0.644. The van der Waals surface area contributed by atoms with Gasteiger partial charge in [-0.3, -0.25) is 4.98 Å². The molecule has 0 unspecified atom stereocenters. The summed E-state index contributed by atoms with van der Waals surface area (Å²) in [5.74, 6) is 0. The lowest BCUT2D eigenvalue weighted by molar-refractivity contribution is 0.204. The normalized spacial score (nSPS) is 10.4. The second kappa shape index (κ2) is 7.01. The molecule has 4 nitrogen and oxygen atoms in total. The zero-order valence-electron chi connectivity index (χ0n) is 10.8. The van der Waals surface area contributed by atoms with Crippen LogP contribution in [0, 0.1) is 0 Å². The van der Waals surface area contributed by atoms with Crippen molar-refractivity contribution in [3.8, 4) is 0 Å². The van der Waals surface area contributed by atoms with Gasteiger partial charge in [-0.2, -0.15) is 0 Å². The summed E-state index contributed by atoms with van der Waals surface area (Å²) in [5.41, 5.74) is 2.14. The molecule has 1 aromatic heterocycles. The lowest BCUT2D eigenvalue weighted by Crippen LogP contribution is -2.36. The Labute approximate surface area is 118 Å². The Kier molecular flexibility index (Phi) is 5.06. The fourth-order valence-electron chi connectivity index (χ4n) is 1.81. The number of benzene rings is 1. The van der Waals surface area contributed by atoms with Crippen LogP contribution in [-0.4, -0.2) is 30.4 Å². The van der Waals surface area contributed by atoms with E-state index in [9.17, 15) is 0 Å². The van der Waals surface area contributed by atoms with Gasteiger partial charge in [0, 0.05) is 31.8 Å². The maximum Gasteiger partial charge on any atom is 0.166 e. The third-order valence-electron chi connectivity index (χ3n) is 2.75. The largest absolute Gasteiger partial charge is 0.383 e. The highest BCUT2D eigenvalue weighted by molar-refractivity contribution is 7.80. The zero-order valence-corrected chi connectivity index (χ0v) is 11.7. The van der Waals surface area contributed by atoms with Gasteiger partial charge in [0.25, 0.3) is 0 Å². The SMILES string of the molecule is COCCNC(=S)NCc1cccc2cccnc12. The molecule has 1 heterocycles. The molecule has 0 atom stereocenters. The molecular weight excluding hydrogens is 258 g/mol. The number of hydrogen-bond donors (Lipinski definition) is 2. The number of aromatic nitrogens is 1. The number of fused-ring (bicyclic) bond motifs is 1. The van der Waals surface area contributed by atoms with E-state index < -0.39 is 0 Å². The third kappa shape index (κ3) is 3.87. The Morgan fingerprint density at radius 2 is 2.11 bits per heavy atom. The molecule has 2 rings (SSSR count). The fourth-order valence-corrected chi connectivity index (χ4v) is 1.99. The number of hydrogen-bond acceptors (Lipinski definition) is 3. The van der Waals surface area contributed by atoms with E-state index in [-0.39, 0.29) is 0 Å². The molecule has 5 heteroatoms. The Morgan fingerprint density at radius 1 is 1.26 bits per heavy atom. The van der Waals surface area contributed by atoms with Gasteiger partial charge in [-0.05, 0) is 23.8 Å². The molecule has 2 aromatic rings. The van der Waals surface area contributed by atoms with Crippen LogP contribution in [-0.2, 0) is 11.3 Å². The monoisotopic (exact) mass is 275 g/mol. The van der Waals surface area contributed by atoms with Crippen LogP contribution in [0.1, 0.15) is 5.56 Å². The van der Waals surface area contributed by atoms with E-state index in [1.807, 2.05) is 12.1 Å². The molecule has 0 bridgehead atoms. The first-order valence-corrected chi connectivity index (χ1v) is 6.55. The molecular formula is C14H17N3OS. The van der Waals surface area contributed by atoms with Crippen LogP contribution < -0.4 is 10.6 Å². The molecule has 19 heavy (non-hydrogen) atoms. The van der Waals surface area contributed by atoms with Crippen LogP contribution in [0.4, 0.5) is 0 Å². The summed E-state index contributed by atoms with van der Waals surface area (Å²) in [5, 5.41) is 8.02. The van der Waals surface area contributed by atoms with Gasteiger partial charge >= 0.3 is 0 Å². The smallest absolute Gasteiger partial charge is 0.166 e. The van der Waals surface area contributed by atoms with Crippen LogP contribution in [0.3, 0.4) is 0 Å². The van der Waals surface area contributed by atoms with Crippen molar-refractivity contribution in [1.29, 1.82) is 0 Å². The molecule has 0 saturated carbocycles. The summed E-state index contributed by atoms with van der Waals surface area (Å²) in [6.45, 7) is 2.00. The highest BCUT2D eigenvalue weighted by Gasteiger charge is 2.02. The molecule has 0 radical (unpaired) electrons. The van der Waals surface area contributed by atoms with Crippen molar-refractivity contribution >= 4 is 28.2 Å². The Bertz CT molecular complexity index is 554. The predicted octanol–water partition coefficient (Wildman–Crippen LogP) is 1.85. The molecule has 0 saturated heterocycles. The number of rotatable bonds is 5. The van der Waals surface area contributed by atoms with Crippen LogP contribution >= 0.6 is 12.2 Å². The second-order valence-electron chi connectivity index (χ2n) is 4.09. The number of thiocarbonyl (C=S) groups is 1. The standard InChI is InChI=1S/C14H17N3OS/c1-18-9-8-16-14(19)17-10-12-5-2-4-11-6-3-7-15-13(11)12/h2-7H,8-10H2,1H3,(H2,16,17,19). The number of ether oxygens (including phenoxy) is 1. The van der Waals surface area contributed by atoms with E-state index in [2.05, 4.69) is 33.8 Å². The van der Waals surface area contributed by atoms with Crippen molar-refractivity contribution in [3.05, 3.63) is 42.1 Å². The minimum Gasteiger partial charge on any atom is -0.383 e. The second-order valence-corrected chi connectivity index (χ2v) is 4.50. The number of para-hydroxylation sites is 1. The molecule has 100 valence electrons. The van der Waals surface area contributed by atoms with Gasteiger partial charge < -0.3 is 15.4 Å². The molecule has 0 aliphatic rings. The molecule has 0 spiro atoms. The minimum atomic E-state index is 0.630. The van der Waals surface area contributed by atoms with Crippen LogP contribution in [0.5, 0.6) is 0 Å². The lowest BCUT2D eigenvalue weighted by atomic mass is 10.1. The van der Waals surface area contributed by atoms with E-state index in [1.165, 1.54) is 0 Å². The van der Waals surface area contributed by atoms with Crippen molar-refractivity contribution in [2.75, 3.05) is 20.3 Å². The summed E-state index contributed by atoms with van der Waals surface area (Å²) in [7, 11) is 1.67. The summed E-state index contributed by atoms with van der Waals surface area (Å²) >= 11 is 5.19. The van der Waals surface area contributed by atoms with Gasteiger partial charge in [-0.1, -0.05) is 24.3 Å². The molecule has 1 aromatic carbocycles. The average Bonchev–Trinajstić information content (AvgIpc) is 2.45. The van der Waals surface area contributed by atoms with E-state index in [0.29, 0.717) is 24.8 Å². The Morgan fingerprint density at radius 3 is 2.95 bits per heavy atom. The Hall–Kier alpha value is -1.72. The topological polar surface area (TPSA) is 46.2 Å². The summed E-state index contributed by atoms with van der Waals surface area (Å²) in [6, 6.07) is 10.1. The van der Waals surface area contributed by atoms with Crippen LogP contribution in [0.2, 0.25) is 0 Å². The minimum absolute atomic E-state index is 0.630. The fraction of sp³-hybridized carbons (Fsp3) is 0.286. The highest BCUT2D eigenvalue weighted by atomic mass is 32.1. The van der Waals surface area contributed by atoms with Gasteiger partial charge in [0.05, 0.1) is 12.1 Å². The molecule has 2 N–H and O–H groups in total. The van der Waals surface area contributed by atoms with E-state index in [4.69, 9.17) is 17.0 Å². The van der Waals surface area contributed by atoms with E-state index in [0.717, 1.165) is 16.5 Å². The van der Waals surface area contributed by atoms with E-state index in [1.54, 1.807) is 13.3 Å². The van der Waals surface area contributed by atoms with Gasteiger partial charge in [-0.15, -0.1) is 0 Å². The van der Waals surface area contributed by atoms with Crippen molar-refractivity contribution in [3.63, 3.8) is 0 Å². The van der Waals surface area contributed by atoms with Crippen molar-refractivity contribution in [2.24, 2.45) is 0 Å². The summed E-state index contributed by atoms with van der Waals surface area (Å²) in [4.78, 5) is 4.41. The molecule has 0 aliphatic carbocycles. The first-order valence-electron chi connectivity index (χ1n) is 6.14. The maximum absolute atomic E-state index is 5.19. The van der Waals surface area contributed by atoms with Crippen LogP contribution in [0.25, 0.3) is 10.9 Å². The highest BCUT2D eigenvalue weighted by Crippen LogP contribution is 2.15. The Balaban J connectivity index is 1.96. The number of nitrogens with one attached hydrogen (secondary N) is 2. The maximum atomic E-state index is 5.19. The van der Waals surface area contributed by atoms with Crippen molar-refractivity contribution in [1.82, 2.24) is 15.6 Å². The predicted molar refractivity (Wildman–Crippen MR) is 81.1 cm³/mol. The summed E-state index contributed by atoms with van der Waals surface area (Å²) < 4.78 is 4.95. The van der Waals surface area contributed by atoms with E-state index >= 15 is 0 Å². The van der Waals surface area contributed by atoms with Gasteiger partial charge in [-0.25, -0.2) is 0 Å². The van der Waals surface area contributed by atoms with Crippen LogP contribution in [0.15, 0.2) is 36.5 Å². The first-order chi connectivity index (χ1) is 9.31. The molecule has 0 fully saturated rings. The van der Waals surface area contributed by atoms with Crippen molar-refractivity contribution < 1.29 is 4.74 Å². The molecule has 0 amide bonds. The number of methoxy groups -OCH3 is 1. The average molecular weight is 275 g/mol.